The number of nitrogens with zero attached hydrogens (tertiary/aromatic N) is 5. The molecule has 0 spiro atoms. The van der Waals surface area contributed by atoms with Gasteiger partial charge in [0.1, 0.15) is 47.9 Å². The molecule has 2 aromatic heterocycles. The molecule has 12 heteroatoms. The third-order valence-corrected chi connectivity index (χ3v) is 8.06. The zero-order valence-electron chi connectivity index (χ0n) is 22.6. The van der Waals surface area contributed by atoms with E-state index >= 15 is 4.39 Å². The second-order valence-electron chi connectivity index (χ2n) is 10.8. The van der Waals surface area contributed by atoms with Gasteiger partial charge in [-0.25, -0.2) is 13.2 Å². The Morgan fingerprint density at radius 1 is 1.31 bits per heavy atom. The lowest BCUT2D eigenvalue weighted by atomic mass is 9.95. The van der Waals surface area contributed by atoms with E-state index in [0.29, 0.717) is 18.4 Å². The molecular weight excluding hydrogens is 551 g/mol. The minimum atomic E-state index is -1.15. The maximum Gasteiger partial charge on any atom is 0.323 e. The van der Waals surface area contributed by atoms with E-state index < -0.39 is 35.9 Å². The van der Waals surface area contributed by atoms with Gasteiger partial charge in [-0.1, -0.05) is 12.0 Å². The number of alkyl halides is 1. The van der Waals surface area contributed by atoms with Crippen LogP contribution in [0.2, 0.25) is 0 Å². The van der Waals surface area contributed by atoms with Crippen LogP contribution in [0.3, 0.4) is 0 Å². The first kappa shape index (κ1) is 27.5. The molecule has 2 aromatic carbocycles. The minimum absolute atomic E-state index is 0.0406. The van der Waals surface area contributed by atoms with Crippen molar-refractivity contribution in [1.82, 2.24) is 19.9 Å². The lowest BCUT2D eigenvalue weighted by Gasteiger charge is -2.31. The number of hydrogen-bond acceptors (Lipinski definition) is 8. The summed E-state index contributed by atoms with van der Waals surface area (Å²) < 4.78 is 51.3. The van der Waals surface area contributed by atoms with Gasteiger partial charge >= 0.3 is 12.0 Å². The molecule has 0 radical (unpaired) electrons. The number of fused-ring (bicyclic) bond motifs is 3. The molecule has 2 N–H and O–H groups in total. The van der Waals surface area contributed by atoms with Crippen LogP contribution in [0.25, 0.3) is 32.9 Å². The molecule has 2 saturated heterocycles. The number of carboxylic acids is 1. The summed E-state index contributed by atoms with van der Waals surface area (Å²) in [5.74, 6) is -0.645. The Morgan fingerprint density at radius 3 is 2.88 bits per heavy atom. The van der Waals surface area contributed by atoms with Crippen LogP contribution < -0.4 is 9.64 Å². The number of ether oxygens (including phenoxy) is 1. The largest absolute Gasteiger partial charge is 0.508 e. The molecule has 0 unspecified atom stereocenters. The van der Waals surface area contributed by atoms with Crippen LogP contribution in [0.1, 0.15) is 24.8 Å². The topological polar surface area (TPSA) is 112 Å². The monoisotopic (exact) mass is 577 g/mol. The maximum atomic E-state index is 16.4. The molecule has 4 aromatic rings. The van der Waals surface area contributed by atoms with Gasteiger partial charge in [0, 0.05) is 37.2 Å². The molecule has 4 heterocycles. The number of aliphatic carboxylic acids is 1. The van der Waals surface area contributed by atoms with E-state index in [1.807, 2.05) is 4.90 Å². The van der Waals surface area contributed by atoms with Crippen molar-refractivity contribution >= 4 is 33.5 Å². The van der Waals surface area contributed by atoms with Gasteiger partial charge in [-0.05, 0) is 43.0 Å². The van der Waals surface area contributed by atoms with Crippen molar-refractivity contribution in [3.05, 3.63) is 47.7 Å². The highest BCUT2D eigenvalue weighted by atomic mass is 19.1. The van der Waals surface area contributed by atoms with Gasteiger partial charge in [-0.15, -0.1) is 6.42 Å². The van der Waals surface area contributed by atoms with Crippen molar-refractivity contribution < 1.29 is 32.9 Å². The van der Waals surface area contributed by atoms with Crippen molar-refractivity contribution in [2.45, 2.75) is 31.0 Å². The molecule has 0 amide bonds. The van der Waals surface area contributed by atoms with E-state index in [1.165, 1.54) is 36.3 Å². The lowest BCUT2D eigenvalue weighted by Crippen LogP contribution is -2.43. The average molecular weight is 578 g/mol. The molecule has 2 fully saturated rings. The molecule has 2 aliphatic rings. The number of aromatic hydroxyl groups is 1. The Kier molecular flexibility index (Phi) is 6.77. The second-order valence-corrected chi connectivity index (χ2v) is 10.8. The first-order valence-corrected chi connectivity index (χ1v) is 13.3. The summed E-state index contributed by atoms with van der Waals surface area (Å²) in [6.07, 6.45) is 7.80. The SMILES string of the molecule is C#Cc1c(F)ccc2cc(O)cc(-c3ncc4c(N(C)CC(=O)O)nc(OC[C@@]56CCCN5C[C@H](F)C6)nc4c3F)c12. The van der Waals surface area contributed by atoms with E-state index in [2.05, 4.69) is 20.9 Å². The van der Waals surface area contributed by atoms with Crippen LogP contribution in [0.5, 0.6) is 11.8 Å². The van der Waals surface area contributed by atoms with Crippen LogP contribution >= 0.6 is 0 Å². The van der Waals surface area contributed by atoms with Crippen LogP contribution in [-0.2, 0) is 4.79 Å². The number of carboxylic acid groups (broad SMARTS) is 1. The first-order valence-electron chi connectivity index (χ1n) is 13.3. The van der Waals surface area contributed by atoms with Crippen molar-refractivity contribution in [3.8, 4) is 35.4 Å². The summed E-state index contributed by atoms with van der Waals surface area (Å²) in [6.45, 7) is 0.674. The fourth-order valence-electron chi connectivity index (χ4n) is 6.24. The Morgan fingerprint density at radius 2 is 2.12 bits per heavy atom. The fourth-order valence-corrected chi connectivity index (χ4v) is 6.24. The molecule has 0 saturated carbocycles. The number of hydrogen-bond donors (Lipinski definition) is 2. The van der Waals surface area contributed by atoms with E-state index in [4.69, 9.17) is 11.2 Å². The molecule has 216 valence electrons. The number of rotatable bonds is 7. The standard InChI is InChI=1S/C30H26F3N5O4/c1-3-19-22(32)6-5-16-9-18(39)10-20(24(16)19)26-25(33)27-21(12-34-26)28(37(2)14-23(40)41)36-29(35-27)42-15-30-7-4-8-38(30)13-17(31)11-30/h1,5-6,9-10,12,17,39H,4,7-8,11,13-15H2,2H3,(H,40,41)/t17-,30+/m1/s1. The zero-order chi connectivity index (χ0) is 29.8. The average Bonchev–Trinajstić information content (AvgIpc) is 3.47. The highest BCUT2D eigenvalue weighted by Gasteiger charge is 2.49. The summed E-state index contributed by atoms with van der Waals surface area (Å²) in [6, 6.07) is 4.97. The number of phenols is 1. The molecule has 2 atom stereocenters. The Labute approximate surface area is 238 Å². The second kappa shape index (κ2) is 10.3. The van der Waals surface area contributed by atoms with Crippen LogP contribution in [0.4, 0.5) is 19.0 Å². The zero-order valence-corrected chi connectivity index (χ0v) is 22.6. The summed E-state index contributed by atoms with van der Waals surface area (Å²) >= 11 is 0. The van der Waals surface area contributed by atoms with E-state index in [9.17, 15) is 23.8 Å². The van der Waals surface area contributed by atoms with Crippen molar-refractivity contribution in [3.63, 3.8) is 0 Å². The smallest absolute Gasteiger partial charge is 0.323 e. The quantitative estimate of drug-likeness (QED) is 0.311. The van der Waals surface area contributed by atoms with E-state index in [1.54, 1.807) is 0 Å². The predicted octanol–water partition coefficient (Wildman–Crippen LogP) is 4.29. The van der Waals surface area contributed by atoms with Gasteiger partial charge in [0.15, 0.2) is 5.82 Å². The summed E-state index contributed by atoms with van der Waals surface area (Å²) in [7, 11) is 1.47. The molecule has 0 bridgehead atoms. The number of anilines is 1. The number of halogens is 3. The summed E-state index contributed by atoms with van der Waals surface area (Å²) in [4.78, 5) is 27.8. The van der Waals surface area contributed by atoms with Crippen LogP contribution in [0, 0.1) is 24.0 Å². The number of aromatic nitrogens is 3. The third kappa shape index (κ3) is 4.59. The van der Waals surface area contributed by atoms with Gasteiger partial charge in [0.05, 0.1) is 16.5 Å². The molecule has 6 rings (SSSR count). The van der Waals surface area contributed by atoms with E-state index in [-0.39, 0.29) is 57.3 Å². The Balaban J connectivity index is 1.51. The van der Waals surface area contributed by atoms with E-state index in [0.717, 1.165) is 25.5 Å². The van der Waals surface area contributed by atoms with Crippen LogP contribution in [0.15, 0.2) is 30.5 Å². The fraction of sp³-hybridized carbons (Fsp3) is 0.333. The first-order chi connectivity index (χ1) is 20.1. The number of phenolic OH excluding ortho intramolecular Hbond substituents is 1. The predicted molar refractivity (Wildman–Crippen MR) is 149 cm³/mol. The molecule has 2 aliphatic heterocycles. The van der Waals surface area contributed by atoms with Gasteiger partial charge in [0.25, 0.3) is 0 Å². The molecule has 42 heavy (non-hydrogen) atoms. The molecule has 9 nitrogen and oxygen atoms in total. The van der Waals surface area contributed by atoms with Gasteiger partial charge in [-0.2, -0.15) is 9.97 Å². The highest BCUT2D eigenvalue weighted by molar-refractivity contribution is 6.03. The van der Waals surface area contributed by atoms with Gasteiger partial charge in [0.2, 0.25) is 0 Å². The molecule has 0 aliphatic carbocycles. The third-order valence-electron chi connectivity index (χ3n) is 8.06. The van der Waals surface area contributed by atoms with Crippen molar-refractivity contribution in [2.75, 3.05) is 38.2 Å². The van der Waals surface area contributed by atoms with Crippen molar-refractivity contribution in [2.24, 2.45) is 0 Å². The van der Waals surface area contributed by atoms with Crippen molar-refractivity contribution in [1.29, 1.82) is 0 Å². The summed E-state index contributed by atoms with van der Waals surface area (Å²) in [5.41, 5.74) is -1.11. The number of benzene rings is 2. The molecular formula is C30H26F3N5O4. The number of likely N-dealkylation sites (N-methyl/N-ethyl adjacent to an activating group) is 1. The van der Waals surface area contributed by atoms with Gasteiger partial charge < -0.3 is 19.8 Å². The highest BCUT2D eigenvalue weighted by Crippen LogP contribution is 2.41. The Bertz CT molecular complexity index is 1800. The number of terminal acetylenes is 1. The summed E-state index contributed by atoms with van der Waals surface area (Å²) in [5, 5.41) is 20.4. The normalized spacial score (nSPS) is 20.1. The van der Waals surface area contributed by atoms with Gasteiger partial charge in [-0.3, -0.25) is 14.7 Å². The Hall–Kier alpha value is -4.63. The maximum absolute atomic E-state index is 16.4. The minimum Gasteiger partial charge on any atom is -0.508 e. The number of carbonyl (C=O) groups is 1. The lowest BCUT2D eigenvalue weighted by molar-refractivity contribution is -0.135. The van der Waals surface area contributed by atoms with Crippen LogP contribution in [-0.4, -0.2) is 81.0 Å². The number of pyridine rings is 1.